The highest BCUT2D eigenvalue weighted by atomic mass is 32.1. The largest absolute Gasteiger partial charge is 0.497 e. The predicted molar refractivity (Wildman–Crippen MR) is 198 cm³/mol. The number of ether oxygens (including phenoxy) is 3. The van der Waals surface area contributed by atoms with Gasteiger partial charge in [-0.25, -0.2) is 19.6 Å². The first-order chi connectivity index (χ1) is 25.3. The number of nitrogens with zero attached hydrogens (tertiary/aromatic N) is 3. The summed E-state index contributed by atoms with van der Waals surface area (Å²) in [5.74, 6) is -1.34. The Labute approximate surface area is 312 Å². The number of aryl methyl sites for hydroxylation is 2. The predicted octanol–water partition coefficient (Wildman–Crippen LogP) is 5.58. The highest BCUT2D eigenvalue weighted by Gasteiger charge is 2.61. The highest BCUT2D eigenvalue weighted by molar-refractivity contribution is 7.15. The lowest BCUT2D eigenvalue weighted by Crippen LogP contribution is -2.56. The summed E-state index contributed by atoms with van der Waals surface area (Å²) >= 11 is 1.63. The number of hydrogen-bond donors (Lipinski definition) is 3. The number of hydrogen-bond acceptors (Lipinski definition) is 10. The van der Waals surface area contributed by atoms with E-state index < -0.39 is 53.2 Å². The molecule has 3 N–H and O–H groups in total. The molecule has 1 unspecified atom stereocenters. The number of fused-ring (bicyclic) bond motifs is 4. The van der Waals surface area contributed by atoms with Crippen LogP contribution in [-0.2, 0) is 32.0 Å². The van der Waals surface area contributed by atoms with E-state index in [0.29, 0.717) is 35.6 Å². The number of alkyl carbamates (subject to hydrolysis) is 1. The SMILES string of the molecule is COc1ccc2c(OC3C[C@H]4C(=O)N[C@]5(C(=O)O)C[C@@H]5/C=C\CCCCC[C@H](NC(=O)OC(C)(C)C)C(=O)N4C3)cc(-c3nc4c(s3)CCC4)nc2c1. The van der Waals surface area contributed by atoms with E-state index in [4.69, 9.17) is 24.2 Å². The number of methoxy groups -OCH3 is 1. The van der Waals surface area contributed by atoms with Crippen molar-refractivity contribution in [2.24, 2.45) is 5.92 Å². The number of rotatable bonds is 6. The number of aromatic nitrogens is 2. The molecule has 3 amide bonds. The summed E-state index contributed by atoms with van der Waals surface area (Å²) in [4.78, 5) is 66.6. The Bertz CT molecular complexity index is 1930. The maximum atomic E-state index is 14.5. The van der Waals surface area contributed by atoms with Crippen LogP contribution in [0, 0.1) is 5.92 Å². The van der Waals surface area contributed by atoms with Gasteiger partial charge in [-0.05, 0) is 77.8 Å². The van der Waals surface area contributed by atoms with E-state index in [2.05, 4.69) is 10.6 Å². The maximum Gasteiger partial charge on any atom is 0.408 e. The number of aliphatic carboxylic acids is 1. The number of carbonyl (C=O) groups excluding carboxylic acids is 3. The minimum absolute atomic E-state index is 0.0354. The number of benzene rings is 1. The molecule has 5 atom stereocenters. The van der Waals surface area contributed by atoms with Gasteiger partial charge in [0.1, 0.15) is 51.5 Å². The third-order valence-electron chi connectivity index (χ3n) is 10.4. The van der Waals surface area contributed by atoms with E-state index in [1.807, 2.05) is 36.4 Å². The lowest BCUT2D eigenvalue weighted by molar-refractivity contribution is -0.145. The second kappa shape index (κ2) is 14.6. The number of nitrogens with one attached hydrogen (secondary N) is 2. The van der Waals surface area contributed by atoms with Crippen LogP contribution in [0.15, 0.2) is 36.4 Å². The Balaban J connectivity index is 1.22. The number of carboxylic acids is 1. The van der Waals surface area contributed by atoms with Crippen LogP contribution in [0.1, 0.15) is 82.7 Å². The highest BCUT2D eigenvalue weighted by Crippen LogP contribution is 2.46. The number of thiazole rings is 1. The molecular weight excluding hydrogens is 699 g/mol. The molecule has 282 valence electrons. The zero-order valence-electron chi connectivity index (χ0n) is 30.6. The quantitative estimate of drug-likeness (QED) is 0.271. The van der Waals surface area contributed by atoms with Crippen LogP contribution >= 0.6 is 11.3 Å². The molecule has 2 aromatic heterocycles. The summed E-state index contributed by atoms with van der Waals surface area (Å²) < 4.78 is 17.7. The second-order valence-electron chi connectivity index (χ2n) is 15.5. The Morgan fingerprint density at radius 3 is 2.68 bits per heavy atom. The monoisotopic (exact) mass is 745 g/mol. The smallest absolute Gasteiger partial charge is 0.408 e. The first-order valence-electron chi connectivity index (χ1n) is 18.5. The standard InChI is InChI=1S/C39H47N5O8S/c1-38(2,3)52-37(49)42-27-12-9-7-5-6-8-11-22-20-39(22,36(47)48)43-33(45)30-18-24(21-44(30)35(27)46)51-31-19-29(34-41-26-13-10-14-32(26)53-34)40-28-17-23(50-4)15-16-25(28)31/h8,11,15-17,19,22,24,27,30H,5-7,9-10,12-14,18,20-21H2,1-4H3,(H,42,49)(H,43,45)(H,47,48)/b11-8-/t22-,24?,27-,30-,39+/m0/s1. The molecule has 2 fully saturated rings. The number of pyridine rings is 1. The van der Waals surface area contributed by atoms with Gasteiger partial charge < -0.3 is 34.9 Å². The summed E-state index contributed by atoms with van der Waals surface area (Å²) in [6, 6.07) is 5.37. The molecule has 7 rings (SSSR count). The lowest BCUT2D eigenvalue weighted by atomic mass is 10.0. The summed E-state index contributed by atoms with van der Waals surface area (Å²) in [6.45, 7) is 5.27. The number of allylic oxidation sites excluding steroid dienone is 1. The summed E-state index contributed by atoms with van der Waals surface area (Å²) in [6.07, 6.45) is 9.26. The number of carbonyl (C=O) groups is 4. The van der Waals surface area contributed by atoms with Crippen molar-refractivity contribution in [3.05, 3.63) is 47.0 Å². The Morgan fingerprint density at radius 2 is 1.92 bits per heavy atom. The average molecular weight is 746 g/mol. The Morgan fingerprint density at radius 1 is 1.09 bits per heavy atom. The Kier molecular flexibility index (Phi) is 10.1. The van der Waals surface area contributed by atoms with Crippen LogP contribution in [-0.4, -0.2) is 86.8 Å². The van der Waals surface area contributed by atoms with Crippen molar-refractivity contribution in [3.63, 3.8) is 0 Å². The first kappa shape index (κ1) is 36.6. The van der Waals surface area contributed by atoms with Crippen LogP contribution in [0.3, 0.4) is 0 Å². The minimum atomic E-state index is -1.45. The number of amides is 3. The van der Waals surface area contributed by atoms with E-state index in [0.717, 1.165) is 54.6 Å². The molecule has 2 aliphatic carbocycles. The van der Waals surface area contributed by atoms with Gasteiger partial charge in [0.05, 0.1) is 24.9 Å². The van der Waals surface area contributed by atoms with Crippen LogP contribution in [0.25, 0.3) is 21.6 Å². The van der Waals surface area contributed by atoms with Gasteiger partial charge in [-0.15, -0.1) is 11.3 Å². The molecule has 2 aliphatic heterocycles. The fourth-order valence-corrected chi connectivity index (χ4v) is 8.70. The third-order valence-corrected chi connectivity index (χ3v) is 11.6. The molecule has 14 heteroatoms. The van der Waals surface area contributed by atoms with Gasteiger partial charge in [-0.3, -0.25) is 9.59 Å². The topological polar surface area (TPSA) is 169 Å². The van der Waals surface area contributed by atoms with Crippen molar-refractivity contribution in [2.75, 3.05) is 13.7 Å². The van der Waals surface area contributed by atoms with E-state index in [1.54, 1.807) is 39.2 Å². The van der Waals surface area contributed by atoms with Crippen LogP contribution in [0.4, 0.5) is 4.79 Å². The van der Waals surface area contributed by atoms with Crippen LogP contribution in [0.5, 0.6) is 11.5 Å². The summed E-state index contributed by atoms with van der Waals surface area (Å²) in [7, 11) is 1.59. The van der Waals surface area contributed by atoms with Gasteiger partial charge in [0.2, 0.25) is 11.8 Å². The molecule has 0 radical (unpaired) electrons. The molecule has 3 aromatic rings. The van der Waals surface area contributed by atoms with Crippen LogP contribution in [0.2, 0.25) is 0 Å². The molecule has 4 heterocycles. The van der Waals surface area contributed by atoms with Gasteiger partial charge in [0, 0.05) is 34.7 Å². The van der Waals surface area contributed by atoms with Gasteiger partial charge in [-0.2, -0.15) is 0 Å². The number of carboxylic acid groups (broad SMARTS) is 1. The zero-order chi connectivity index (χ0) is 37.5. The molecule has 0 bridgehead atoms. The summed E-state index contributed by atoms with van der Waals surface area (Å²) in [5.41, 5.74) is 0.173. The minimum Gasteiger partial charge on any atom is -0.497 e. The van der Waals surface area contributed by atoms with Gasteiger partial charge in [0.25, 0.3) is 0 Å². The molecular formula is C39H47N5O8S. The third kappa shape index (κ3) is 7.83. The molecule has 0 spiro atoms. The van der Waals surface area contributed by atoms with Crippen molar-refractivity contribution in [3.8, 4) is 22.2 Å². The first-order valence-corrected chi connectivity index (χ1v) is 19.3. The van der Waals surface area contributed by atoms with E-state index in [-0.39, 0.29) is 25.3 Å². The van der Waals surface area contributed by atoms with E-state index in [9.17, 15) is 24.3 Å². The normalized spacial score (nSPS) is 26.7. The molecule has 1 saturated heterocycles. The maximum absolute atomic E-state index is 14.5. The van der Waals surface area contributed by atoms with Crippen molar-refractivity contribution < 1.29 is 38.5 Å². The lowest BCUT2D eigenvalue weighted by Gasteiger charge is -2.30. The van der Waals surface area contributed by atoms with E-state index in [1.165, 1.54) is 9.78 Å². The van der Waals surface area contributed by atoms with Crippen molar-refractivity contribution in [2.45, 2.75) is 114 Å². The second-order valence-corrected chi connectivity index (χ2v) is 16.5. The molecule has 4 aliphatic rings. The van der Waals surface area contributed by atoms with Crippen molar-refractivity contribution in [1.82, 2.24) is 25.5 Å². The van der Waals surface area contributed by atoms with Crippen molar-refractivity contribution >= 4 is 46.1 Å². The average Bonchev–Trinajstić information content (AvgIpc) is 3.42. The fraction of sp³-hybridized carbons (Fsp3) is 0.538. The molecule has 53 heavy (non-hydrogen) atoms. The molecule has 13 nitrogen and oxygen atoms in total. The van der Waals surface area contributed by atoms with Crippen LogP contribution < -0.4 is 20.1 Å². The van der Waals surface area contributed by atoms with E-state index >= 15 is 0 Å². The summed E-state index contributed by atoms with van der Waals surface area (Å²) in [5, 5.41) is 17.3. The van der Waals surface area contributed by atoms with Gasteiger partial charge in [-0.1, -0.05) is 25.0 Å². The van der Waals surface area contributed by atoms with Gasteiger partial charge in [0.15, 0.2) is 0 Å². The zero-order valence-corrected chi connectivity index (χ0v) is 31.4. The fourth-order valence-electron chi connectivity index (χ4n) is 7.59. The Hall–Kier alpha value is -4.72. The van der Waals surface area contributed by atoms with Gasteiger partial charge >= 0.3 is 12.1 Å². The molecule has 1 aromatic carbocycles. The molecule has 1 saturated carbocycles. The van der Waals surface area contributed by atoms with Crippen molar-refractivity contribution in [1.29, 1.82) is 0 Å².